The Morgan fingerprint density at radius 1 is 1.03 bits per heavy atom. The van der Waals surface area contributed by atoms with Crippen molar-refractivity contribution in [3.05, 3.63) is 87.4 Å². The van der Waals surface area contributed by atoms with Crippen LogP contribution in [-0.2, 0) is 9.53 Å². The molecule has 0 fully saturated rings. The van der Waals surface area contributed by atoms with Gasteiger partial charge in [-0.25, -0.2) is 4.79 Å². The molecular weight excluding hydrogens is 512 g/mol. The van der Waals surface area contributed by atoms with Gasteiger partial charge in [-0.3, -0.25) is 14.9 Å². The van der Waals surface area contributed by atoms with Gasteiger partial charge in [-0.05, 0) is 62.8 Å². The highest BCUT2D eigenvalue weighted by Crippen LogP contribution is 2.44. The van der Waals surface area contributed by atoms with Crippen LogP contribution in [0.1, 0.15) is 39.4 Å². The van der Waals surface area contributed by atoms with E-state index in [0.717, 1.165) is 27.8 Å². The Morgan fingerprint density at radius 2 is 1.63 bits per heavy atom. The highest BCUT2D eigenvalue weighted by molar-refractivity contribution is 9.10. The fraction of sp³-hybridized carbons (Fsp3) is 0.222. The van der Waals surface area contributed by atoms with Gasteiger partial charge in [-0.15, -0.1) is 0 Å². The number of amides is 2. The third-order valence-electron chi connectivity index (χ3n) is 6.13. The maximum Gasteiger partial charge on any atom is 0.411 e. The first-order chi connectivity index (χ1) is 16.8. The number of nitrogens with zero attached hydrogens (tertiary/aromatic N) is 1. The number of aryl methyl sites for hydroxylation is 1. The summed E-state index contributed by atoms with van der Waals surface area (Å²) >= 11 is 3.39. The third-order valence-corrected chi connectivity index (χ3v) is 6.79. The van der Waals surface area contributed by atoms with E-state index in [1.54, 1.807) is 12.1 Å². The summed E-state index contributed by atoms with van der Waals surface area (Å²) in [6, 6.07) is 19.5. The molecule has 8 heteroatoms. The predicted octanol–water partition coefficient (Wildman–Crippen LogP) is 5.67. The maximum atomic E-state index is 12.8. The molecule has 0 aromatic heterocycles. The van der Waals surface area contributed by atoms with Gasteiger partial charge in [0.15, 0.2) is 0 Å². The van der Waals surface area contributed by atoms with Gasteiger partial charge < -0.3 is 14.7 Å². The minimum atomic E-state index is -0.981. The third kappa shape index (κ3) is 5.22. The van der Waals surface area contributed by atoms with E-state index < -0.39 is 12.1 Å². The molecule has 0 unspecified atom stereocenters. The Hall–Kier alpha value is -3.65. The summed E-state index contributed by atoms with van der Waals surface area (Å²) in [4.78, 5) is 37.7. The molecule has 7 nitrogen and oxygen atoms in total. The second kappa shape index (κ2) is 10.3. The average molecular weight is 537 g/mol. The van der Waals surface area contributed by atoms with Crippen molar-refractivity contribution in [2.45, 2.75) is 19.3 Å². The number of carboxylic acid groups (broad SMARTS) is 1. The molecule has 180 valence electrons. The van der Waals surface area contributed by atoms with Crippen molar-refractivity contribution in [1.82, 2.24) is 4.90 Å². The lowest BCUT2D eigenvalue weighted by atomic mass is 9.98. The molecule has 0 atom stereocenters. The van der Waals surface area contributed by atoms with Crippen molar-refractivity contribution in [1.29, 1.82) is 0 Å². The highest BCUT2D eigenvalue weighted by Gasteiger charge is 2.29. The Morgan fingerprint density at radius 3 is 2.23 bits per heavy atom. The molecule has 0 radical (unpaired) electrons. The molecule has 1 aliphatic carbocycles. The van der Waals surface area contributed by atoms with Crippen LogP contribution in [0, 0.1) is 6.92 Å². The Balaban J connectivity index is 1.47. The van der Waals surface area contributed by atoms with E-state index in [1.807, 2.05) is 31.2 Å². The number of halogens is 1. The minimum Gasteiger partial charge on any atom is -0.481 e. The van der Waals surface area contributed by atoms with Crippen LogP contribution < -0.4 is 5.32 Å². The molecule has 3 aromatic rings. The summed E-state index contributed by atoms with van der Waals surface area (Å²) in [5.41, 5.74) is 6.05. The van der Waals surface area contributed by atoms with Crippen molar-refractivity contribution in [2.75, 3.05) is 25.5 Å². The van der Waals surface area contributed by atoms with E-state index >= 15 is 0 Å². The summed E-state index contributed by atoms with van der Waals surface area (Å²) in [6.45, 7) is 2.06. The number of benzene rings is 3. The zero-order valence-electron chi connectivity index (χ0n) is 19.4. The lowest BCUT2D eigenvalue weighted by Crippen LogP contribution is -2.29. The molecule has 0 heterocycles. The van der Waals surface area contributed by atoms with Crippen LogP contribution in [0.3, 0.4) is 0 Å². The number of rotatable bonds is 7. The molecule has 3 aromatic carbocycles. The van der Waals surface area contributed by atoms with E-state index in [1.165, 1.54) is 11.9 Å². The molecule has 1 aliphatic rings. The van der Waals surface area contributed by atoms with Crippen LogP contribution in [0.4, 0.5) is 10.5 Å². The Kier molecular flexibility index (Phi) is 7.21. The van der Waals surface area contributed by atoms with E-state index in [4.69, 9.17) is 9.84 Å². The summed E-state index contributed by atoms with van der Waals surface area (Å²) in [7, 11) is 1.54. The summed E-state index contributed by atoms with van der Waals surface area (Å²) in [6.07, 6.45) is -0.772. The number of nitrogens with one attached hydrogen (secondary N) is 1. The molecule has 0 saturated heterocycles. The predicted molar refractivity (Wildman–Crippen MR) is 137 cm³/mol. The SMILES string of the molecule is Cc1cc(Br)c(C(=O)N(C)CCC(=O)O)cc1NC(=O)OCC1c2ccccc2-c2ccccc21. The first kappa shape index (κ1) is 24.5. The van der Waals surface area contributed by atoms with Crippen molar-refractivity contribution >= 4 is 39.6 Å². The zero-order chi connectivity index (χ0) is 25.1. The summed E-state index contributed by atoms with van der Waals surface area (Å²) in [5.74, 6) is -1.39. The van der Waals surface area contributed by atoms with Gasteiger partial charge in [0.1, 0.15) is 6.61 Å². The van der Waals surface area contributed by atoms with E-state index in [9.17, 15) is 14.4 Å². The van der Waals surface area contributed by atoms with Crippen LogP contribution in [0.25, 0.3) is 11.1 Å². The second-order valence-electron chi connectivity index (χ2n) is 8.47. The topological polar surface area (TPSA) is 95.9 Å². The Bertz CT molecular complexity index is 1260. The average Bonchev–Trinajstić information content (AvgIpc) is 3.16. The number of anilines is 1. The minimum absolute atomic E-state index is 0.0563. The molecule has 0 spiro atoms. The molecule has 0 aliphatic heterocycles. The van der Waals surface area contributed by atoms with Crippen molar-refractivity contribution in [3.63, 3.8) is 0 Å². The van der Waals surface area contributed by atoms with Crippen molar-refractivity contribution in [2.24, 2.45) is 0 Å². The van der Waals surface area contributed by atoms with Gasteiger partial charge in [-0.1, -0.05) is 48.5 Å². The summed E-state index contributed by atoms with van der Waals surface area (Å²) < 4.78 is 6.17. The van der Waals surface area contributed by atoms with Crippen LogP contribution in [0.15, 0.2) is 65.1 Å². The molecule has 4 rings (SSSR count). The van der Waals surface area contributed by atoms with Gasteiger partial charge in [0, 0.05) is 29.7 Å². The number of carbonyl (C=O) groups is 3. The normalized spacial score (nSPS) is 12.0. The van der Waals surface area contributed by atoms with Gasteiger partial charge >= 0.3 is 12.1 Å². The molecule has 2 amide bonds. The quantitative estimate of drug-likeness (QED) is 0.405. The molecular formula is C27H25BrN2O5. The molecule has 35 heavy (non-hydrogen) atoms. The Labute approximate surface area is 211 Å². The van der Waals surface area contributed by atoms with Crippen LogP contribution in [0.5, 0.6) is 0 Å². The lowest BCUT2D eigenvalue weighted by Gasteiger charge is -2.19. The fourth-order valence-corrected chi connectivity index (χ4v) is 4.91. The van der Waals surface area contributed by atoms with Crippen molar-refractivity contribution < 1.29 is 24.2 Å². The van der Waals surface area contributed by atoms with Crippen molar-refractivity contribution in [3.8, 4) is 11.1 Å². The maximum absolute atomic E-state index is 12.8. The number of carboxylic acids is 1. The number of hydrogen-bond donors (Lipinski definition) is 2. The lowest BCUT2D eigenvalue weighted by molar-refractivity contribution is -0.137. The van der Waals surface area contributed by atoms with Gasteiger partial charge in [0.2, 0.25) is 0 Å². The number of hydrogen-bond acceptors (Lipinski definition) is 4. The van der Waals surface area contributed by atoms with Crippen LogP contribution in [0.2, 0.25) is 0 Å². The fourth-order valence-electron chi connectivity index (χ4n) is 4.29. The highest BCUT2D eigenvalue weighted by atomic mass is 79.9. The van der Waals surface area contributed by atoms with E-state index in [-0.39, 0.29) is 31.4 Å². The van der Waals surface area contributed by atoms with Gasteiger partial charge in [-0.2, -0.15) is 0 Å². The van der Waals surface area contributed by atoms with Crippen LogP contribution in [-0.4, -0.2) is 48.2 Å². The van der Waals surface area contributed by atoms with Gasteiger partial charge in [0.05, 0.1) is 12.0 Å². The van der Waals surface area contributed by atoms with Crippen LogP contribution >= 0.6 is 15.9 Å². The summed E-state index contributed by atoms with van der Waals surface area (Å²) in [5, 5.41) is 11.6. The molecule has 2 N–H and O–H groups in total. The first-order valence-electron chi connectivity index (χ1n) is 11.2. The number of aliphatic carboxylic acids is 1. The number of fused-ring (bicyclic) bond motifs is 3. The second-order valence-corrected chi connectivity index (χ2v) is 9.32. The largest absolute Gasteiger partial charge is 0.481 e. The first-order valence-corrected chi connectivity index (χ1v) is 11.9. The van der Waals surface area contributed by atoms with Gasteiger partial charge in [0.25, 0.3) is 5.91 Å². The molecule has 0 bridgehead atoms. The van der Waals surface area contributed by atoms with E-state index in [0.29, 0.717) is 15.7 Å². The number of carbonyl (C=O) groups excluding carboxylic acids is 2. The monoisotopic (exact) mass is 536 g/mol. The van der Waals surface area contributed by atoms with E-state index in [2.05, 4.69) is 45.5 Å². The number of ether oxygens (including phenoxy) is 1. The standard InChI is InChI=1S/C27H25BrN2O5/c1-16-13-23(28)21(26(33)30(2)12-11-25(31)32)14-24(16)29-27(34)35-15-22-19-9-5-3-7-17(19)18-8-4-6-10-20(18)22/h3-10,13-14,22H,11-12,15H2,1-2H3,(H,29,34)(H,31,32). The smallest absolute Gasteiger partial charge is 0.411 e. The molecule has 0 saturated carbocycles. The zero-order valence-corrected chi connectivity index (χ0v) is 21.0.